The molecule has 112 valence electrons. The van der Waals surface area contributed by atoms with E-state index in [1.54, 1.807) is 20.0 Å². The first-order valence-electron chi connectivity index (χ1n) is 6.73. The minimum absolute atomic E-state index is 0.152. The molecule has 0 atom stereocenters. The van der Waals surface area contributed by atoms with Gasteiger partial charge in [-0.3, -0.25) is 0 Å². The minimum Gasteiger partial charge on any atom is -0.335 e. The Bertz CT molecular complexity index is 606. The lowest BCUT2D eigenvalue weighted by molar-refractivity contribution is 0.572. The zero-order valence-corrected chi connectivity index (χ0v) is 12.0. The number of hydrogen-bond donors (Lipinski definition) is 1. The SMILES string of the molecule is CCN(c1ccccc1F)c1c(F)cc(CNC)cc1F. The molecule has 0 aliphatic rings. The molecule has 5 heteroatoms. The van der Waals surface area contributed by atoms with Gasteiger partial charge in [0.2, 0.25) is 0 Å². The van der Waals surface area contributed by atoms with Crippen LogP contribution in [-0.4, -0.2) is 13.6 Å². The Labute approximate surface area is 122 Å². The van der Waals surface area contributed by atoms with E-state index in [-0.39, 0.29) is 17.9 Å². The van der Waals surface area contributed by atoms with E-state index in [0.29, 0.717) is 12.1 Å². The zero-order valence-electron chi connectivity index (χ0n) is 12.0. The van der Waals surface area contributed by atoms with E-state index in [4.69, 9.17) is 0 Å². The van der Waals surface area contributed by atoms with Crippen molar-refractivity contribution in [3.63, 3.8) is 0 Å². The highest BCUT2D eigenvalue weighted by molar-refractivity contribution is 5.65. The predicted molar refractivity (Wildman–Crippen MR) is 78.2 cm³/mol. The molecule has 0 amide bonds. The third-order valence-electron chi connectivity index (χ3n) is 3.19. The lowest BCUT2D eigenvalue weighted by atomic mass is 10.1. The van der Waals surface area contributed by atoms with Gasteiger partial charge in [-0.15, -0.1) is 0 Å². The average molecular weight is 294 g/mol. The highest BCUT2D eigenvalue weighted by Gasteiger charge is 2.20. The molecular weight excluding hydrogens is 277 g/mol. The smallest absolute Gasteiger partial charge is 0.150 e. The fourth-order valence-electron chi connectivity index (χ4n) is 2.30. The Hall–Kier alpha value is -2.01. The van der Waals surface area contributed by atoms with Crippen LogP contribution in [0.1, 0.15) is 12.5 Å². The van der Waals surface area contributed by atoms with Crippen LogP contribution in [0.5, 0.6) is 0 Å². The summed E-state index contributed by atoms with van der Waals surface area (Å²) in [6.45, 7) is 2.33. The second-order valence-electron chi connectivity index (χ2n) is 4.63. The van der Waals surface area contributed by atoms with E-state index in [9.17, 15) is 13.2 Å². The molecule has 0 saturated carbocycles. The number of nitrogens with one attached hydrogen (secondary N) is 1. The molecule has 2 aromatic rings. The van der Waals surface area contributed by atoms with Crippen molar-refractivity contribution >= 4 is 11.4 Å². The Balaban J connectivity index is 2.51. The van der Waals surface area contributed by atoms with Gasteiger partial charge in [-0.1, -0.05) is 12.1 Å². The van der Waals surface area contributed by atoms with Gasteiger partial charge in [0.1, 0.15) is 23.1 Å². The fraction of sp³-hybridized carbons (Fsp3) is 0.250. The van der Waals surface area contributed by atoms with E-state index in [2.05, 4.69) is 5.32 Å². The van der Waals surface area contributed by atoms with Crippen molar-refractivity contribution in [2.24, 2.45) is 0 Å². The van der Waals surface area contributed by atoms with Gasteiger partial charge >= 0.3 is 0 Å². The molecule has 0 heterocycles. The number of nitrogens with zero attached hydrogens (tertiary/aromatic N) is 1. The predicted octanol–water partition coefficient (Wildman–Crippen LogP) is 3.98. The fourth-order valence-corrected chi connectivity index (χ4v) is 2.30. The summed E-state index contributed by atoms with van der Waals surface area (Å²) in [6, 6.07) is 8.46. The maximum Gasteiger partial charge on any atom is 0.150 e. The Morgan fingerprint density at radius 2 is 1.62 bits per heavy atom. The molecule has 0 fully saturated rings. The number of para-hydroxylation sites is 1. The second kappa shape index (κ2) is 6.63. The molecule has 21 heavy (non-hydrogen) atoms. The number of rotatable bonds is 5. The van der Waals surface area contributed by atoms with Gasteiger partial charge in [-0.05, 0) is 43.8 Å². The van der Waals surface area contributed by atoms with Gasteiger partial charge in [0.05, 0.1) is 5.69 Å². The Morgan fingerprint density at radius 1 is 1.00 bits per heavy atom. The molecule has 0 aliphatic carbocycles. The average Bonchev–Trinajstić information content (AvgIpc) is 2.44. The summed E-state index contributed by atoms with van der Waals surface area (Å²) in [5.74, 6) is -1.92. The third-order valence-corrected chi connectivity index (χ3v) is 3.19. The van der Waals surface area contributed by atoms with E-state index >= 15 is 0 Å². The number of benzene rings is 2. The van der Waals surface area contributed by atoms with Crippen molar-refractivity contribution in [1.29, 1.82) is 0 Å². The van der Waals surface area contributed by atoms with Crippen molar-refractivity contribution in [2.45, 2.75) is 13.5 Å². The lowest BCUT2D eigenvalue weighted by Gasteiger charge is -2.25. The molecular formula is C16H17F3N2. The second-order valence-corrected chi connectivity index (χ2v) is 4.63. The first-order chi connectivity index (χ1) is 10.1. The first kappa shape index (κ1) is 15.4. The van der Waals surface area contributed by atoms with Crippen LogP contribution in [0.2, 0.25) is 0 Å². The van der Waals surface area contributed by atoms with Crippen molar-refractivity contribution in [1.82, 2.24) is 5.32 Å². The van der Waals surface area contributed by atoms with Gasteiger partial charge in [0, 0.05) is 13.1 Å². The molecule has 0 aliphatic heterocycles. The number of anilines is 2. The highest BCUT2D eigenvalue weighted by atomic mass is 19.1. The molecule has 2 nitrogen and oxygen atoms in total. The van der Waals surface area contributed by atoms with Crippen LogP contribution in [0.4, 0.5) is 24.5 Å². The van der Waals surface area contributed by atoms with Crippen LogP contribution in [-0.2, 0) is 6.54 Å². The number of halogens is 3. The van der Waals surface area contributed by atoms with Crippen molar-refractivity contribution in [2.75, 3.05) is 18.5 Å². The molecule has 2 rings (SSSR count). The van der Waals surface area contributed by atoms with E-state index in [1.807, 2.05) is 0 Å². The standard InChI is InChI=1S/C16H17F3N2/c1-3-21(15-7-5-4-6-12(15)17)16-13(18)8-11(10-20-2)9-14(16)19/h4-9,20H,3,10H2,1-2H3. The summed E-state index contributed by atoms with van der Waals surface area (Å²) in [6.07, 6.45) is 0. The summed E-state index contributed by atoms with van der Waals surface area (Å²) < 4.78 is 42.4. The summed E-state index contributed by atoms with van der Waals surface area (Å²) >= 11 is 0. The van der Waals surface area contributed by atoms with Crippen LogP contribution in [0.15, 0.2) is 36.4 Å². The van der Waals surface area contributed by atoms with Crippen LogP contribution in [0.25, 0.3) is 0 Å². The Morgan fingerprint density at radius 3 is 2.14 bits per heavy atom. The normalized spacial score (nSPS) is 10.7. The quantitative estimate of drug-likeness (QED) is 0.897. The van der Waals surface area contributed by atoms with Crippen molar-refractivity contribution in [3.05, 3.63) is 59.4 Å². The molecule has 0 radical (unpaired) electrons. The third kappa shape index (κ3) is 3.19. The van der Waals surface area contributed by atoms with Gasteiger partial charge in [0.15, 0.2) is 0 Å². The molecule has 0 aromatic heterocycles. The summed E-state index contributed by atoms with van der Waals surface area (Å²) in [7, 11) is 1.70. The topological polar surface area (TPSA) is 15.3 Å². The summed E-state index contributed by atoms with van der Waals surface area (Å²) in [5.41, 5.74) is 0.419. The van der Waals surface area contributed by atoms with Crippen LogP contribution >= 0.6 is 0 Å². The summed E-state index contributed by atoms with van der Waals surface area (Å²) in [5, 5.41) is 2.83. The number of hydrogen-bond acceptors (Lipinski definition) is 2. The monoisotopic (exact) mass is 294 g/mol. The van der Waals surface area contributed by atoms with Crippen molar-refractivity contribution < 1.29 is 13.2 Å². The molecule has 0 unspecified atom stereocenters. The molecule has 0 spiro atoms. The largest absolute Gasteiger partial charge is 0.335 e. The van der Waals surface area contributed by atoms with Gasteiger partial charge in [-0.25, -0.2) is 13.2 Å². The molecule has 0 bridgehead atoms. The molecule has 1 N–H and O–H groups in total. The Kier molecular flexibility index (Phi) is 4.85. The molecule has 0 saturated heterocycles. The van der Waals surface area contributed by atoms with Crippen molar-refractivity contribution in [3.8, 4) is 0 Å². The maximum absolute atomic E-state index is 14.3. The van der Waals surface area contributed by atoms with Crippen LogP contribution in [0.3, 0.4) is 0 Å². The van der Waals surface area contributed by atoms with Crippen LogP contribution < -0.4 is 10.2 Å². The first-order valence-corrected chi connectivity index (χ1v) is 6.73. The van der Waals surface area contributed by atoms with Gasteiger partial charge in [0.25, 0.3) is 0 Å². The summed E-state index contributed by atoms with van der Waals surface area (Å²) in [4.78, 5) is 1.29. The van der Waals surface area contributed by atoms with E-state index in [0.717, 1.165) is 0 Å². The highest BCUT2D eigenvalue weighted by Crippen LogP contribution is 2.32. The zero-order chi connectivity index (χ0) is 15.4. The van der Waals surface area contributed by atoms with Gasteiger partial charge < -0.3 is 10.2 Å². The van der Waals surface area contributed by atoms with E-state index in [1.165, 1.54) is 35.2 Å². The van der Waals surface area contributed by atoms with Crippen LogP contribution in [0, 0.1) is 17.5 Å². The molecule has 2 aromatic carbocycles. The van der Waals surface area contributed by atoms with E-state index < -0.39 is 17.5 Å². The minimum atomic E-state index is -0.703. The lowest BCUT2D eigenvalue weighted by Crippen LogP contribution is -2.20. The van der Waals surface area contributed by atoms with Gasteiger partial charge in [-0.2, -0.15) is 0 Å². The maximum atomic E-state index is 14.3.